The van der Waals surface area contributed by atoms with Crippen LogP contribution in [0.25, 0.3) is 0 Å². The number of ether oxygens (including phenoxy) is 1. The maximum absolute atomic E-state index is 13.1. The zero-order chi connectivity index (χ0) is 22.2. The van der Waals surface area contributed by atoms with Gasteiger partial charge in [0.05, 0.1) is 22.6 Å². The number of anilines is 1. The van der Waals surface area contributed by atoms with Crippen molar-refractivity contribution in [1.29, 1.82) is 0 Å². The normalized spacial score (nSPS) is 12.8. The standard InChI is InChI=1S/C20H28N2O5S2/c1-14-8-9-15(20(2,3)4)12-19(14)28(23,24)21-17-13-16(10-11-18(17)27-7)29(25,26)22(5)6/h8-13,21H,1-7H3. The van der Waals surface area contributed by atoms with Crippen molar-refractivity contribution in [3.05, 3.63) is 47.5 Å². The second-order valence-corrected chi connectivity index (χ2v) is 11.8. The van der Waals surface area contributed by atoms with E-state index in [4.69, 9.17) is 4.74 Å². The minimum atomic E-state index is -3.98. The van der Waals surface area contributed by atoms with Gasteiger partial charge >= 0.3 is 0 Å². The molecule has 160 valence electrons. The van der Waals surface area contributed by atoms with Crippen molar-refractivity contribution in [1.82, 2.24) is 4.31 Å². The summed E-state index contributed by atoms with van der Waals surface area (Å²) in [5.74, 6) is 0.218. The lowest BCUT2D eigenvalue weighted by molar-refractivity contribution is 0.416. The lowest BCUT2D eigenvalue weighted by Crippen LogP contribution is -2.22. The van der Waals surface area contributed by atoms with Crippen LogP contribution < -0.4 is 9.46 Å². The van der Waals surface area contributed by atoms with Gasteiger partial charge in [-0.25, -0.2) is 21.1 Å². The van der Waals surface area contributed by atoms with Crippen LogP contribution in [0.2, 0.25) is 0 Å². The molecule has 9 heteroatoms. The summed E-state index contributed by atoms with van der Waals surface area (Å²) in [7, 11) is -3.51. The van der Waals surface area contributed by atoms with Gasteiger partial charge in [-0.1, -0.05) is 32.9 Å². The third kappa shape index (κ3) is 4.91. The number of methoxy groups -OCH3 is 1. The van der Waals surface area contributed by atoms with Crippen LogP contribution in [0.3, 0.4) is 0 Å². The molecule has 0 heterocycles. The van der Waals surface area contributed by atoms with Gasteiger partial charge in [-0.3, -0.25) is 4.72 Å². The first-order valence-corrected chi connectivity index (χ1v) is 11.9. The summed E-state index contributed by atoms with van der Waals surface area (Å²) >= 11 is 0. The van der Waals surface area contributed by atoms with Gasteiger partial charge in [-0.05, 0) is 47.7 Å². The Morgan fingerprint density at radius 1 is 0.966 bits per heavy atom. The van der Waals surface area contributed by atoms with Gasteiger partial charge in [-0.2, -0.15) is 0 Å². The number of benzene rings is 2. The summed E-state index contributed by atoms with van der Waals surface area (Å²) in [5.41, 5.74) is 1.28. The Morgan fingerprint density at radius 3 is 2.10 bits per heavy atom. The molecule has 7 nitrogen and oxygen atoms in total. The lowest BCUT2D eigenvalue weighted by Gasteiger charge is -2.21. The lowest BCUT2D eigenvalue weighted by atomic mass is 9.87. The molecule has 0 bridgehead atoms. The largest absolute Gasteiger partial charge is 0.495 e. The summed E-state index contributed by atoms with van der Waals surface area (Å²) < 4.78 is 59.9. The molecule has 1 N–H and O–H groups in total. The van der Waals surface area contributed by atoms with E-state index in [2.05, 4.69) is 4.72 Å². The van der Waals surface area contributed by atoms with Gasteiger partial charge in [0, 0.05) is 14.1 Å². The first-order chi connectivity index (χ1) is 13.2. The van der Waals surface area contributed by atoms with E-state index in [1.165, 1.54) is 39.4 Å². The van der Waals surface area contributed by atoms with E-state index in [1.807, 2.05) is 26.8 Å². The molecule has 2 aromatic carbocycles. The van der Waals surface area contributed by atoms with Crippen LogP contribution >= 0.6 is 0 Å². The highest BCUT2D eigenvalue weighted by Crippen LogP contribution is 2.32. The van der Waals surface area contributed by atoms with Crippen LogP contribution in [0.15, 0.2) is 46.2 Å². The van der Waals surface area contributed by atoms with Crippen molar-refractivity contribution in [2.24, 2.45) is 0 Å². The number of hydrogen-bond acceptors (Lipinski definition) is 5. The topological polar surface area (TPSA) is 92.8 Å². The van der Waals surface area contributed by atoms with Crippen molar-refractivity contribution >= 4 is 25.7 Å². The quantitative estimate of drug-likeness (QED) is 0.744. The highest BCUT2D eigenvalue weighted by molar-refractivity contribution is 7.92. The third-order valence-corrected chi connectivity index (χ3v) is 7.86. The fourth-order valence-electron chi connectivity index (χ4n) is 2.69. The average Bonchev–Trinajstić information content (AvgIpc) is 2.60. The molecule has 0 saturated carbocycles. The van der Waals surface area contributed by atoms with Crippen molar-refractivity contribution in [3.63, 3.8) is 0 Å². The summed E-state index contributed by atoms with van der Waals surface area (Å²) in [5, 5.41) is 0. The van der Waals surface area contributed by atoms with E-state index in [0.29, 0.717) is 5.56 Å². The van der Waals surface area contributed by atoms with E-state index in [9.17, 15) is 16.8 Å². The molecule has 0 aromatic heterocycles. The van der Waals surface area contributed by atoms with Gasteiger partial charge in [0.1, 0.15) is 5.75 Å². The zero-order valence-electron chi connectivity index (χ0n) is 17.8. The van der Waals surface area contributed by atoms with Crippen LogP contribution in [-0.2, 0) is 25.5 Å². The van der Waals surface area contributed by atoms with Gasteiger partial charge in [0.25, 0.3) is 10.0 Å². The van der Waals surface area contributed by atoms with Crippen LogP contribution in [0.1, 0.15) is 31.9 Å². The van der Waals surface area contributed by atoms with Crippen LogP contribution in [0.5, 0.6) is 5.75 Å². The summed E-state index contributed by atoms with van der Waals surface area (Å²) in [4.78, 5) is 0.0917. The Kier molecular flexibility index (Phi) is 6.37. The predicted octanol–water partition coefficient (Wildman–Crippen LogP) is 3.35. The Balaban J connectivity index is 2.58. The van der Waals surface area contributed by atoms with Crippen molar-refractivity contribution in [2.75, 3.05) is 25.9 Å². The number of nitrogens with one attached hydrogen (secondary N) is 1. The molecule has 0 amide bonds. The minimum absolute atomic E-state index is 0.0406. The fourth-order valence-corrected chi connectivity index (χ4v) is 4.96. The highest BCUT2D eigenvalue weighted by atomic mass is 32.2. The summed E-state index contributed by atoms with van der Waals surface area (Å²) in [6.45, 7) is 7.71. The second-order valence-electron chi connectivity index (χ2n) is 7.99. The molecule has 2 aromatic rings. The van der Waals surface area contributed by atoms with Crippen molar-refractivity contribution in [3.8, 4) is 5.75 Å². The van der Waals surface area contributed by atoms with E-state index in [-0.39, 0.29) is 26.6 Å². The molecule has 0 spiro atoms. The molecule has 2 rings (SSSR count). The molecular weight excluding hydrogens is 412 g/mol. The molecule has 0 aliphatic heterocycles. The molecule has 0 unspecified atom stereocenters. The smallest absolute Gasteiger partial charge is 0.262 e. The molecule has 0 atom stereocenters. The van der Waals surface area contributed by atoms with Gasteiger partial charge in [0.2, 0.25) is 10.0 Å². The van der Waals surface area contributed by atoms with E-state index in [1.54, 1.807) is 19.1 Å². The first kappa shape index (κ1) is 23.2. The van der Waals surface area contributed by atoms with E-state index < -0.39 is 20.0 Å². The Hall–Kier alpha value is -2.10. The summed E-state index contributed by atoms with van der Waals surface area (Å²) in [6.07, 6.45) is 0. The monoisotopic (exact) mass is 440 g/mol. The Morgan fingerprint density at radius 2 is 1.59 bits per heavy atom. The van der Waals surface area contributed by atoms with Crippen molar-refractivity contribution in [2.45, 2.75) is 42.9 Å². The number of sulfonamides is 2. The molecule has 29 heavy (non-hydrogen) atoms. The molecular formula is C20H28N2O5S2. The number of nitrogens with zero attached hydrogens (tertiary/aromatic N) is 1. The van der Waals surface area contributed by atoms with Gasteiger partial charge in [-0.15, -0.1) is 0 Å². The predicted molar refractivity (Wildman–Crippen MR) is 115 cm³/mol. The molecule has 0 radical (unpaired) electrons. The van der Waals surface area contributed by atoms with E-state index >= 15 is 0 Å². The van der Waals surface area contributed by atoms with Gasteiger partial charge in [0.15, 0.2) is 0 Å². The Bertz CT molecular complexity index is 1120. The van der Waals surface area contributed by atoms with Crippen molar-refractivity contribution < 1.29 is 21.6 Å². The SMILES string of the molecule is COc1ccc(S(=O)(=O)N(C)C)cc1NS(=O)(=O)c1cc(C(C)(C)C)ccc1C. The maximum atomic E-state index is 13.1. The van der Waals surface area contributed by atoms with Crippen LogP contribution in [0.4, 0.5) is 5.69 Å². The van der Waals surface area contributed by atoms with E-state index in [0.717, 1.165) is 9.87 Å². The molecule has 0 aliphatic carbocycles. The molecule has 0 saturated heterocycles. The second kappa shape index (κ2) is 7.97. The fraction of sp³-hybridized carbons (Fsp3) is 0.400. The average molecular weight is 441 g/mol. The summed E-state index contributed by atoms with van der Waals surface area (Å²) in [6, 6.07) is 9.36. The number of aryl methyl sites for hydroxylation is 1. The maximum Gasteiger partial charge on any atom is 0.262 e. The van der Waals surface area contributed by atoms with Crippen LogP contribution in [0, 0.1) is 6.92 Å². The molecule has 0 aliphatic rings. The van der Waals surface area contributed by atoms with Gasteiger partial charge < -0.3 is 4.74 Å². The van der Waals surface area contributed by atoms with Crippen LogP contribution in [-0.4, -0.2) is 42.3 Å². The molecule has 0 fully saturated rings. The number of rotatable bonds is 6. The first-order valence-electron chi connectivity index (χ1n) is 8.94. The zero-order valence-corrected chi connectivity index (χ0v) is 19.4. The third-order valence-electron chi connectivity index (χ3n) is 4.54. The number of hydrogen-bond donors (Lipinski definition) is 1. The Labute approximate surface area is 173 Å². The minimum Gasteiger partial charge on any atom is -0.495 e. The highest BCUT2D eigenvalue weighted by Gasteiger charge is 2.24.